The molecule has 18 heavy (non-hydrogen) atoms. The third-order valence-electron chi connectivity index (χ3n) is 3.28. The van der Waals surface area contributed by atoms with Gasteiger partial charge in [0.05, 0.1) is 0 Å². The summed E-state index contributed by atoms with van der Waals surface area (Å²) in [6.07, 6.45) is 3.68. The Labute approximate surface area is 108 Å². The van der Waals surface area contributed by atoms with Crippen LogP contribution in [0.3, 0.4) is 0 Å². The summed E-state index contributed by atoms with van der Waals surface area (Å²) in [4.78, 5) is 16.0. The van der Waals surface area contributed by atoms with Gasteiger partial charge in [0.25, 0.3) is 5.91 Å². The lowest BCUT2D eigenvalue weighted by Gasteiger charge is -2.22. The molecule has 0 saturated heterocycles. The van der Waals surface area contributed by atoms with Crippen LogP contribution in [0, 0.1) is 5.92 Å². The molecule has 1 aromatic rings. The number of nitrogens with one attached hydrogen (secondary N) is 2. The van der Waals surface area contributed by atoms with E-state index in [-0.39, 0.29) is 11.9 Å². The molecule has 1 heterocycles. The number of hydrogen-bond acceptors (Lipinski definition) is 4. The van der Waals surface area contributed by atoms with Crippen molar-refractivity contribution in [1.29, 1.82) is 0 Å². The van der Waals surface area contributed by atoms with Crippen LogP contribution in [-0.2, 0) is 0 Å². The van der Waals surface area contributed by atoms with Crippen LogP contribution in [-0.4, -0.2) is 16.9 Å². The van der Waals surface area contributed by atoms with Crippen molar-refractivity contribution >= 4 is 11.7 Å². The summed E-state index contributed by atoms with van der Waals surface area (Å²) in [7, 11) is 0. The molecule has 0 fully saturated rings. The molecule has 1 amide bonds. The number of hydrazine groups is 1. The molecule has 5 nitrogen and oxygen atoms in total. The molecule has 1 atom stereocenters. The Balaban J connectivity index is 2.69. The first kappa shape index (κ1) is 14.4. The Morgan fingerprint density at radius 2 is 2.11 bits per heavy atom. The Kier molecular flexibility index (Phi) is 5.58. The lowest BCUT2D eigenvalue weighted by atomic mass is 9.95. The molecule has 0 aliphatic carbocycles. The Morgan fingerprint density at radius 3 is 2.67 bits per heavy atom. The summed E-state index contributed by atoms with van der Waals surface area (Å²) in [6, 6.07) is 3.47. The predicted molar refractivity (Wildman–Crippen MR) is 73.0 cm³/mol. The van der Waals surface area contributed by atoms with Gasteiger partial charge in [-0.2, -0.15) is 0 Å². The van der Waals surface area contributed by atoms with Gasteiger partial charge >= 0.3 is 0 Å². The maximum atomic E-state index is 12.1. The molecule has 0 bridgehead atoms. The van der Waals surface area contributed by atoms with Gasteiger partial charge in [-0.15, -0.1) is 0 Å². The minimum Gasteiger partial charge on any atom is -0.349 e. The summed E-state index contributed by atoms with van der Waals surface area (Å²) in [5.41, 5.74) is 3.00. The second-order valence-electron chi connectivity index (χ2n) is 4.41. The maximum absolute atomic E-state index is 12.1. The first-order valence-corrected chi connectivity index (χ1v) is 6.35. The summed E-state index contributed by atoms with van der Waals surface area (Å²) in [6.45, 7) is 6.32. The van der Waals surface area contributed by atoms with E-state index in [9.17, 15) is 4.79 Å². The molecule has 1 unspecified atom stereocenters. The number of carbonyl (C=O) groups is 1. The molecule has 0 spiro atoms. The van der Waals surface area contributed by atoms with E-state index in [4.69, 9.17) is 5.84 Å². The highest BCUT2D eigenvalue weighted by molar-refractivity contribution is 5.94. The molecule has 0 aliphatic heterocycles. The van der Waals surface area contributed by atoms with Gasteiger partial charge in [0.2, 0.25) is 0 Å². The Bertz CT molecular complexity index is 390. The van der Waals surface area contributed by atoms with Gasteiger partial charge in [0.15, 0.2) is 0 Å². The number of amides is 1. The van der Waals surface area contributed by atoms with Gasteiger partial charge in [-0.25, -0.2) is 10.8 Å². The van der Waals surface area contributed by atoms with Crippen LogP contribution < -0.4 is 16.6 Å². The smallest absolute Gasteiger partial charge is 0.251 e. The summed E-state index contributed by atoms with van der Waals surface area (Å²) in [5.74, 6) is 6.16. The molecule has 100 valence electrons. The number of nitrogens with zero attached hydrogens (tertiary/aromatic N) is 1. The summed E-state index contributed by atoms with van der Waals surface area (Å²) < 4.78 is 0. The van der Waals surface area contributed by atoms with Gasteiger partial charge in [0, 0.05) is 17.8 Å². The molecular formula is C13H22N4O. The van der Waals surface area contributed by atoms with Crippen molar-refractivity contribution in [3.63, 3.8) is 0 Å². The topological polar surface area (TPSA) is 80.0 Å². The average molecular weight is 250 g/mol. The number of aromatic nitrogens is 1. The van der Waals surface area contributed by atoms with E-state index in [2.05, 4.69) is 29.6 Å². The van der Waals surface area contributed by atoms with E-state index in [1.807, 2.05) is 6.92 Å². The lowest BCUT2D eigenvalue weighted by molar-refractivity contribution is 0.0925. The van der Waals surface area contributed by atoms with E-state index >= 15 is 0 Å². The largest absolute Gasteiger partial charge is 0.349 e. The zero-order valence-corrected chi connectivity index (χ0v) is 11.2. The molecule has 0 saturated carbocycles. The fourth-order valence-corrected chi connectivity index (χ4v) is 2.05. The molecule has 1 rings (SSSR count). The minimum atomic E-state index is -0.0895. The number of anilines is 1. The van der Waals surface area contributed by atoms with Crippen molar-refractivity contribution in [1.82, 2.24) is 10.3 Å². The molecule has 1 aromatic heterocycles. The van der Waals surface area contributed by atoms with Crippen LogP contribution in [0.1, 0.15) is 44.0 Å². The number of nitrogen functional groups attached to an aromatic ring is 1. The van der Waals surface area contributed by atoms with E-state index in [1.54, 1.807) is 18.3 Å². The second kappa shape index (κ2) is 6.96. The van der Waals surface area contributed by atoms with E-state index in [0.717, 1.165) is 12.8 Å². The fourth-order valence-electron chi connectivity index (χ4n) is 2.05. The first-order valence-electron chi connectivity index (χ1n) is 6.35. The van der Waals surface area contributed by atoms with Crippen LogP contribution in [0.2, 0.25) is 0 Å². The first-order chi connectivity index (χ1) is 8.62. The standard InChI is InChI=1S/C13H22N4O/c1-4-10(5-2)9(3)16-13(18)11-6-7-15-12(8-11)17-14/h6-10H,4-5,14H2,1-3H3,(H,15,17)(H,16,18). The number of hydrogen-bond donors (Lipinski definition) is 3. The Morgan fingerprint density at radius 1 is 1.44 bits per heavy atom. The van der Waals surface area contributed by atoms with Gasteiger partial charge < -0.3 is 10.7 Å². The average Bonchev–Trinajstić information content (AvgIpc) is 2.40. The number of pyridine rings is 1. The van der Waals surface area contributed by atoms with Crippen LogP contribution in [0.25, 0.3) is 0 Å². The molecule has 0 aromatic carbocycles. The van der Waals surface area contributed by atoms with Crippen molar-refractivity contribution in [2.75, 3.05) is 5.43 Å². The molecule has 5 heteroatoms. The van der Waals surface area contributed by atoms with E-state index in [1.165, 1.54) is 0 Å². The van der Waals surface area contributed by atoms with Crippen LogP contribution in [0.15, 0.2) is 18.3 Å². The van der Waals surface area contributed by atoms with Gasteiger partial charge in [-0.05, 0) is 25.0 Å². The van der Waals surface area contributed by atoms with Crippen molar-refractivity contribution in [3.8, 4) is 0 Å². The van der Waals surface area contributed by atoms with Gasteiger partial charge in [-0.3, -0.25) is 4.79 Å². The minimum absolute atomic E-state index is 0.0895. The van der Waals surface area contributed by atoms with Crippen molar-refractivity contribution in [3.05, 3.63) is 23.9 Å². The quantitative estimate of drug-likeness (QED) is 0.532. The van der Waals surface area contributed by atoms with Gasteiger partial charge in [0.1, 0.15) is 5.82 Å². The number of nitrogens with two attached hydrogens (primary N) is 1. The number of carbonyl (C=O) groups excluding carboxylic acids is 1. The Hall–Kier alpha value is -1.62. The second-order valence-corrected chi connectivity index (χ2v) is 4.41. The molecule has 4 N–H and O–H groups in total. The highest BCUT2D eigenvalue weighted by Crippen LogP contribution is 2.13. The lowest BCUT2D eigenvalue weighted by Crippen LogP contribution is -2.37. The normalized spacial score (nSPS) is 12.3. The molecule has 0 aliphatic rings. The van der Waals surface area contributed by atoms with Crippen LogP contribution >= 0.6 is 0 Å². The summed E-state index contributed by atoms with van der Waals surface area (Å²) in [5, 5.41) is 3.01. The SMILES string of the molecule is CCC(CC)C(C)NC(=O)c1ccnc(NN)c1. The third kappa shape index (κ3) is 3.70. The van der Waals surface area contributed by atoms with Crippen molar-refractivity contribution < 1.29 is 4.79 Å². The highest BCUT2D eigenvalue weighted by Gasteiger charge is 2.16. The van der Waals surface area contributed by atoms with E-state index in [0.29, 0.717) is 17.3 Å². The monoisotopic (exact) mass is 250 g/mol. The highest BCUT2D eigenvalue weighted by atomic mass is 16.1. The van der Waals surface area contributed by atoms with Crippen molar-refractivity contribution in [2.45, 2.75) is 39.7 Å². The molecule has 0 radical (unpaired) electrons. The summed E-state index contributed by atoms with van der Waals surface area (Å²) >= 11 is 0. The van der Waals surface area contributed by atoms with Crippen LogP contribution in [0.5, 0.6) is 0 Å². The predicted octanol–water partition coefficient (Wildman–Crippen LogP) is 1.92. The third-order valence-corrected chi connectivity index (χ3v) is 3.28. The fraction of sp³-hybridized carbons (Fsp3) is 0.538. The zero-order chi connectivity index (χ0) is 13.5. The zero-order valence-electron chi connectivity index (χ0n) is 11.2. The number of rotatable bonds is 6. The molecular weight excluding hydrogens is 228 g/mol. The maximum Gasteiger partial charge on any atom is 0.251 e. The van der Waals surface area contributed by atoms with Crippen LogP contribution in [0.4, 0.5) is 5.82 Å². The van der Waals surface area contributed by atoms with E-state index < -0.39 is 0 Å². The van der Waals surface area contributed by atoms with Gasteiger partial charge in [-0.1, -0.05) is 26.7 Å². The van der Waals surface area contributed by atoms with Crippen molar-refractivity contribution in [2.24, 2.45) is 11.8 Å².